The number of carbonyl (C=O) groups excluding carboxylic acids is 1. The predicted octanol–water partition coefficient (Wildman–Crippen LogP) is 5.84. The molecule has 1 aromatic heterocycles. The van der Waals surface area contributed by atoms with Gasteiger partial charge < -0.3 is 10.1 Å². The lowest BCUT2D eigenvalue weighted by atomic mass is 9.94. The van der Waals surface area contributed by atoms with Gasteiger partial charge in [-0.1, -0.05) is 51.1 Å². The molecule has 0 aliphatic heterocycles. The second-order valence-electron chi connectivity index (χ2n) is 9.21. The monoisotopic (exact) mass is 445 g/mol. The molecule has 0 radical (unpaired) electrons. The molecule has 0 unspecified atom stereocenters. The van der Waals surface area contributed by atoms with Crippen molar-refractivity contribution in [1.82, 2.24) is 15.1 Å². The number of rotatable bonds is 6. The normalized spacial score (nSPS) is 13.5. The Morgan fingerprint density at radius 2 is 1.73 bits per heavy atom. The van der Waals surface area contributed by atoms with Gasteiger partial charge in [-0.25, -0.2) is 9.07 Å². The molecule has 170 valence electrons. The number of hydrogen-bond acceptors (Lipinski definition) is 3. The maximum atomic E-state index is 13.3. The summed E-state index contributed by atoms with van der Waals surface area (Å²) in [5.74, 6) is 0.355. The van der Waals surface area contributed by atoms with Crippen LogP contribution in [0.25, 0.3) is 16.6 Å². The molecule has 0 aliphatic rings. The minimum atomic E-state index is -0.497. The number of nitrogens with zero attached hydrogens (tertiary/aromatic N) is 2. The van der Waals surface area contributed by atoms with Crippen molar-refractivity contribution in [1.29, 1.82) is 0 Å². The lowest BCUT2D eigenvalue weighted by molar-refractivity contribution is -0.129. The number of fused-ring (bicyclic) bond motifs is 1. The van der Waals surface area contributed by atoms with E-state index in [0.717, 1.165) is 22.2 Å². The van der Waals surface area contributed by atoms with Crippen LogP contribution in [0, 0.1) is 11.2 Å². The average Bonchev–Trinajstić information content (AvgIpc) is 3.21. The highest BCUT2D eigenvalue weighted by molar-refractivity contribution is 5.82. The molecule has 2 atom stereocenters. The van der Waals surface area contributed by atoms with E-state index in [1.165, 1.54) is 12.1 Å². The number of nitrogens with one attached hydrogen (secondary N) is 1. The first kappa shape index (κ1) is 22.5. The van der Waals surface area contributed by atoms with Gasteiger partial charge in [-0.15, -0.1) is 0 Å². The molecule has 3 aromatic carbocycles. The van der Waals surface area contributed by atoms with E-state index in [0.29, 0.717) is 5.75 Å². The Labute approximate surface area is 193 Å². The van der Waals surface area contributed by atoms with Crippen LogP contribution in [0.5, 0.6) is 5.75 Å². The van der Waals surface area contributed by atoms with Crippen molar-refractivity contribution in [2.75, 3.05) is 0 Å². The summed E-state index contributed by atoms with van der Waals surface area (Å²) in [4.78, 5) is 12.6. The summed E-state index contributed by atoms with van der Waals surface area (Å²) in [5.41, 5.74) is 2.14. The molecule has 33 heavy (non-hydrogen) atoms. The highest BCUT2D eigenvalue weighted by Crippen LogP contribution is 2.29. The van der Waals surface area contributed by atoms with E-state index in [9.17, 15) is 9.18 Å². The third kappa shape index (κ3) is 5.06. The van der Waals surface area contributed by atoms with Gasteiger partial charge >= 0.3 is 0 Å². The third-order valence-electron chi connectivity index (χ3n) is 5.50. The Bertz CT molecular complexity index is 1240. The van der Waals surface area contributed by atoms with Crippen LogP contribution in [-0.4, -0.2) is 21.7 Å². The fourth-order valence-electron chi connectivity index (χ4n) is 3.62. The van der Waals surface area contributed by atoms with Gasteiger partial charge in [-0.3, -0.25) is 4.79 Å². The van der Waals surface area contributed by atoms with Crippen molar-refractivity contribution >= 4 is 16.8 Å². The molecule has 4 aromatic rings. The van der Waals surface area contributed by atoms with E-state index in [1.807, 2.05) is 76.2 Å². The van der Waals surface area contributed by atoms with Crippen LogP contribution in [0.3, 0.4) is 0 Å². The Kier molecular flexibility index (Phi) is 6.18. The maximum Gasteiger partial charge on any atom is 0.225 e. The zero-order chi connectivity index (χ0) is 23.6. The minimum absolute atomic E-state index is 0.0319. The molecule has 5 nitrogen and oxygen atoms in total. The summed E-state index contributed by atoms with van der Waals surface area (Å²) in [6.45, 7) is 7.62. The molecule has 4 rings (SSSR count). The van der Waals surface area contributed by atoms with Gasteiger partial charge in [-0.2, -0.15) is 5.10 Å². The molecule has 6 heteroatoms. The van der Waals surface area contributed by atoms with E-state index >= 15 is 0 Å². The van der Waals surface area contributed by atoms with Crippen molar-refractivity contribution in [2.24, 2.45) is 5.41 Å². The van der Waals surface area contributed by atoms with Gasteiger partial charge in [-0.05, 0) is 55.0 Å². The van der Waals surface area contributed by atoms with Crippen LogP contribution in [0.1, 0.15) is 39.4 Å². The second kappa shape index (κ2) is 9.06. The Hall–Kier alpha value is -3.67. The van der Waals surface area contributed by atoms with Crippen molar-refractivity contribution in [3.8, 4) is 11.4 Å². The maximum absolute atomic E-state index is 13.3. The quantitative estimate of drug-likeness (QED) is 0.406. The summed E-state index contributed by atoms with van der Waals surface area (Å²) in [5, 5.41) is 8.45. The molecule has 0 saturated heterocycles. The number of aromatic nitrogens is 2. The Morgan fingerprint density at radius 3 is 2.39 bits per heavy atom. The molecule has 0 aliphatic carbocycles. The SMILES string of the molecule is C[C@H](NC(=O)C(C)(C)C)[C@H](Oc1ccc2c(cnn2-c2ccc(F)cc2)c1)c1ccccc1. The van der Waals surface area contributed by atoms with Crippen molar-refractivity contribution in [3.63, 3.8) is 0 Å². The highest BCUT2D eigenvalue weighted by atomic mass is 19.1. The van der Waals surface area contributed by atoms with Crippen molar-refractivity contribution in [3.05, 3.63) is 90.4 Å². The molecule has 1 heterocycles. The molecule has 1 N–H and O–H groups in total. The van der Waals surface area contributed by atoms with Crippen LogP contribution >= 0.6 is 0 Å². The third-order valence-corrected chi connectivity index (χ3v) is 5.50. The van der Waals surface area contributed by atoms with E-state index in [4.69, 9.17) is 4.74 Å². The molecule has 0 fully saturated rings. The number of hydrogen-bond donors (Lipinski definition) is 1. The number of ether oxygens (including phenoxy) is 1. The molecule has 0 bridgehead atoms. The zero-order valence-corrected chi connectivity index (χ0v) is 19.2. The summed E-state index contributed by atoms with van der Waals surface area (Å²) >= 11 is 0. The largest absolute Gasteiger partial charge is 0.484 e. The molecule has 1 amide bonds. The molecule has 0 saturated carbocycles. The first-order chi connectivity index (χ1) is 15.7. The van der Waals surface area contributed by atoms with Gasteiger partial charge in [0, 0.05) is 10.8 Å². The molecule has 0 spiro atoms. The van der Waals surface area contributed by atoms with Crippen molar-refractivity contribution < 1.29 is 13.9 Å². The predicted molar refractivity (Wildman–Crippen MR) is 128 cm³/mol. The lowest BCUT2D eigenvalue weighted by Crippen LogP contribution is -2.44. The summed E-state index contributed by atoms with van der Waals surface area (Å²) in [6.07, 6.45) is 1.38. The van der Waals surface area contributed by atoms with Gasteiger partial charge in [0.2, 0.25) is 5.91 Å². The fourth-order valence-corrected chi connectivity index (χ4v) is 3.62. The van der Waals surface area contributed by atoms with Crippen LogP contribution in [-0.2, 0) is 4.79 Å². The smallest absolute Gasteiger partial charge is 0.225 e. The van der Waals surface area contributed by atoms with Crippen LogP contribution in [0.15, 0.2) is 79.0 Å². The zero-order valence-electron chi connectivity index (χ0n) is 19.2. The van der Waals surface area contributed by atoms with Gasteiger partial charge in [0.15, 0.2) is 0 Å². The molecular weight excluding hydrogens is 417 g/mol. The number of benzene rings is 3. The van der Waals surface area contributed by atoms with E-state index in [1.54, 1.807) is 23.0 Å². The average molecular weight is 446 g/mol. The highest BCUT2D eigenvalue weighted by Gasteiger charge is 2.28. The van der Waals surface area contributed by atoms with Gasteiger partial charge in [0.1, 0.15) is 17.7 Å². The van der Waals surface area contributed by atoms with E-state index < -0.39 is 5.41 Å². The van der Waals surface area contributed by atoms with E-state index in [2.05, 4.69) is 10.4 Å². The lowest BCUT2D eigenvalue weighted by Gasteiger charge is -2.29. The van der Waals surface area contributed by atoms with Crippen LogP contribution in [0.4, 0.5) is 4.39 Å². The number of halogens is 1. The fraction of sp³-hybridized carbons (Fsp3) is 0.259. The van der Waals surface area contributed by atoms with Gasteiger partial charge in [0.25, 0.3) is 0 Å². The summed E-state index contributed by atoms with van der Waals surface area (Å²) < 4.78 is 21.5. The summed E-state index contributed by atoms with van der Waals surface area (Å²) in [7, 11) is 0. The second-order valence-corrected chi connectivity index (χ2v) is 9.21. The number of carbonyl (C=O) groups is 1. The topological polar surface area (TPSA) is 56.1 Å². The van der Waals surface area contributed by atoms with Crippen molar-refractivity contribution in [2.45, 2.75) is 39.8 Å². The standard InChI is InChI=1S/C27H28FN3O2/c1-18(30-26(32)27(2,3)4)25(19-8-6-5-7-9-19)33-23-14-15-24-20(16-23)17-29-31(24)22-12-10-21(28)11-13-22/h5-18,25H,1-4H3,(H,30,32)/t18-,25-/m0/s1. The number of amides is 1. The van der Waals surface area contributed by atoms with Gasteiger partial charge in [0.05, 0.1) is 23.4 Å². The Balaban J connectivity index is 1.62. The minimum Gasteiger partial charge on any atom is -0.484 e. The molecular formula is C27H28FN3O2. The van der Waals surface area contributed by atoms with E-state index in [-0.39, 0.29) is 23.9 Å². The first-order valence-corrected chi connectivity index (χ1v) is 11.0. The van der Waals surface area contributed by atoms with Crippen LogP contribution in [0.2, 0.25) is 0 Å². The van der Waals surface area contributed by atoms with Crippen LogP contribution < -0.4 is 10.1 Å². The summed E-state index contributed by atoms with van der Waals surface area (Å²) in [6, 6.07) is 21.6. The first-order valence-electron chi connectivity index (χ1n) is 11.0. The Morgan fingerprint density at radius 1 is 1.03 bits per heavy atom.